The van der Waals surface area contributed by atoms with Gasteiger partial charge >= 0.3 is 0 Å². The fraction of sp³-hybridized carbons (Fsp3) is 0.296. The van der Waals surface area contributed by atoms with E-state index >= 15 is 0 Å². The summed E-state index contributed by atoms with van der Waals surface area (Å²) in [4.78, 5) is 23.3. The molecule has 0 amide bonds. The molecule has 2 aliphatic heterocycles. The number of rotatable bonds is 3. The molecule has 0 atom stereocenters. The van der Waals surface area contributed by atoms with Gasteiger partial charge in [0, 0.05) is 27.9 Å². The second-order valence-corrected chi connectivity index (χ2v) is 9.79. The molecule has 0 aliphatic carbocycles. The number of aromatic amines is 2. The zero-order chi connectivity index (χ0) is 24.4. The summed E-state index contributed by atoms with van der Waals surface area (Å²) in [5, 5.41) is 9.04. The molecule has 36 heavy (non-hydrogen) atoms. The van der Waals surface area contributed by atoms with Gasteiger partial charge in [0.15, 0.2) is 0 Å². The minimum Gasteiger partial charge on any atom is -0.394 e. The topological polar surface area (TPSA) is 113 Å². The van der Waals surface area contributed by atoms with E-state index in [1.807, 2.05) is 12.1 Å². The second kappa shape index (κ2) is 8.11. The molecule has 0 spiro atoms. The highest BCUT2D eigenvalue weighted by atomic mass is 19.1. The number of likely N-dealkylation sites (tertiary alicyclic amines) is 1. The summed E-state index contributed by atoms with van der Waals surface area (Å²) in [6.07, 6.45) is 5.40. The minimum atomic E-state index is -0.405. The predicted molar refractivity (Wildman–Crippen MR) is 137 cm³/mol. The van der Waals surface area contributed by atoms with Crippen LogP contribution in [0.2, 0.25) is 0 Å². The number of H-pyrrole nitrogens is 2. The van der Waals surface area contributed by atoms with Gasteiger partial charge in [-0.15, -0.1) is 0 Å². The number of hydrogen-bond acceptors (Lipinski definition) is 6. The van der Waals surface area contributed by atoms with Crippen LogP contribution in [0.15, 0.2) is 47.5 Å². The van der Waals surface area contributed by atoms with Crippen molar-refractivity contribution in [3.05, 3.63) is 64.5 Å². The number of nitrogens with zero attached hydrogens (tertiary/aromatic N) is 3. The van der Waals surface area contributed by atoms with E-state index in [2.05, 4.69) is 26.1 Å². The summed E-state index contributed by atoms with van der Waals surface area (Å²) in [7, 11) is 0. The Kier molecular flexibility index (Phi) is 4.83. The van der Waals surface area contributed by atoms with Crippen molar-refractivity contribution in [3.8, 4) is 11.1 Å². The molecule has 182 valence electrons. The van der Waals surface area contributed by atoms with E-state index in [9.17, 15) is 9.18 Å². The van der Waals surface area contributed by atoms with E-state index < -0.39 is 5.82 Å². The van der Waals surface area contributed by atoms with Gasteiger partial charge in [0.25, 0.3) is 5.56 Å². The number of halogens is 1. The first-order valence-electron chi connectivity index (χ1n) is 12.3. The largest absolute Gasteiger partial charge is 0.394 e. The molecule has 2 aliphatic rings. The Morgan fingerprint density at radius 2 is 1.92 bits per heavy atom. The van der Waals surface area contributed by atoms with Crippen LogP contribution in [-0.2, 0) is 4.74 Å². The van der Waals surface area contributed by atoms with Crippen LogP contribution in [0.1, 0.15) is 24.3 Å². The van der Waals surface area contributed by atoms with Gasteiger partial charge in [-0.05, 0) is 67.2 Å². The van der Waals surface area contributed by atoms with Gasteiger partial charge in [-0.3, -0.25) is 19.8 Å². The van der Waals surface area contributed by atoms with Gasteiger partial charge in [0.1, 0.15) is 17.0 Å². The molecule has 8 nitrogen and oxygen atoms in total. The number of anilines is 1. The van der Waals surface area contributed by atoms with Crippen molar-refractivity contribution in [3.63, 3.8) is 0 Å². The third kappa shape index (κ3) is 3.16. The molecule has 2 fully saturated rings. The van der Waals surface area contributed by atoms with Gasteiger partial charge < -0.3 is 15.5 Å². The third-order valence-electron chi connectivity index (χ3n) is 7.88. The van der Waals surface area contributed by atoms with Crippen molar-refractivity contribution in [2.24, 2.45) is 0 Å². The number of aromatic nitrogens is 4. The molecule has 5 heterocycles. The van der Waals surface area contributed by atoms with E-state index in [1.165, 1.54) is 6.07 Å². The van der Waals surface area contributed by atoms with Crippen molar-refractivity contribution in [2.75, 3.05) is 32.0 Å². The summed E-state index contributed by atoms with van der Waals surface area (Å²) >= 11 is 0. The molecule has 0 radical (unpaired) electrons. The Hall–Kier alpha value is -3.82. The minimum absolute atomic E-state index is 0.102. The lowest BCUT2D eigenvalue weighted by Crippen LogP contribution is -2.51. The second-order valence-electron chi connectivity index (χ2n) is 9.79. The van der Waals surface area contributed by atoms with E-state index in [0.717, 1.165) is 61.0 Å². The van der Waals surface area contributed by atoms with E-state index in [0.29, 0.717) is 34.0 Å². The standard InChI is InChI=1S/C27H25FN6O2/c28-21-4-3-16(20-11-31-33-26(20)21)22-19-10-18(14-5-8-34(9-6-14)15-12-36-13-15)24-17(2-1-7-30-24)25(19)32-27(35)23(22)29/h1-4,7,10-11,14-15H,5-6,8-9,12-13,29H2,(H,31,33)(H,32,35). The fourth-order valence-electron chi connectivity index (χ4n) is 5.88. The predicted octanol–water partition coefficient (Wildman–Crippen LogP) is 3.92. The maximum Gasteiger partial charge on any atom is 0.272 e. The highest BCUT2D eigenvalue weighted by molar-refractivity contribution is 6.15. The lowest BCUT2D eigenvalue weighted by molar-refractivity contribution is -0.0712. The molecule has 0 bridgehead atoms. The Bertz CT molecular complexity index is 1700. The Morgan fingerprint density at radius 1 is 1.08 bits per heavy atom. The summed E-state index contributed by atoms with van der Waals surface area (Å²) in [6, 6.07) is 9.59. The average Bonchev–Trinajstić information content (AvgIpc) is 3.36. The van der Waals surface area contributed by atoms with Crippen molar-refractivity contribution < 1.29 is 9.13 Å². The highest BCUT2D eigenvalue weighted by Gasteiger charge is 2.31. The number of pyridine rings is 2. The SMILES string of the molecule is Nc1c(-c2ccc(F)c3[nH]ncc23)c2cc(C3CCN(C4COC4)CC3)c3ncccc3c2[nH]c1=O. The van der Waals surface area contributed by atoms with Crippen LogP contribution in [0.25, 0.3) is 43.8 Å². The van der Waals surface area contributed by atoms with Crippen molar-refractivity contribution in [1.29, 1.82) is 0 Å². The third-order valence-corrected chi connectivity index (χ3v) is 7.88. The summed E-state index contributed by atoms with van der Waals surface area (Å²) in [5.74, 6) is -0.0786. The van der Waals surface area contributed by atoms with Gasteiger partial charge in [-0.1, -0.05) is 6.07 Å². The van der Waals surface area contributed by atoms with Crippen LogP contribution in [0.4, 0.5) is 10.1 Å². The van der Waals surface area contributed by atoms with Crippen LogP contribution < -0.4 is 11.3 Å². The summed E-state index contributed by atoms with van der Waals surface area (Å²) in [6.45, 7) is 3.67. The highest BCUT2D eigenvalue weighted by Crippen LogP contribution is 2.41. The average molecular weight is 485 g/mol. The molecular weight excluding hydrogens is 459 g/mol. The number of ether oxygens (including phenoxy) is 1. The normalized spacial score (nSPS) is 17.8. The molecule has 0 unspecified atom stereocenters. The first-order valence-corrected chi connectivity index (χ1v) is 12.3. The van der Waals surface area contributed by atoms with Gasteiger partial charge in [0.05, 0.1) is 36.5 Å². The Morgan fingerprint density at radius 3 is 2.69 bits per heavy atom. The molecule has 0 saturated carbocycles. The van der Waals surface area contributed by atoms with Crippen LogP contribution in [0.5, 0.6) is 0 Å². The monoisotopic (exact) mass is 484 g/mol. The van der Waals surface area contributed by atoms with Gasteiger partial charge in [0.2, 0.25) is 0 Å². The molecule has 7 rings (SSSR count). The van der Waals surface area contributed by atoms with Crippen molar-refractivity contribution >= 4 is 38.4 Å². The molecule has 5 aromatic rings. The maximum absolute atomic E-state index is 14.5. The number of nitrogens with two attached hydrogens (primary N) is 1. The van der Waals surface area contributed by atoms with Gasteiger partial charge in [-0.2, -0.15) is 5.10 Å². The van der Waals surface area contributed by atoms with Gasteiger partial charge in [-0.25, -0.2) is 4.39 Å². The first kappa shape index (κ1) is 21.5. The van der Waals surface area contributed by atoms with E-state index in [4.69, 9.17) is 15.5 Å². The molecule has 3 aromatic heterocycles. The first-order chi connectivity index (χ1) is 17.6. The lowest BCUT2D eigenvalue weighted by Gasteiger charge is -2.41. The zero-order valence-electron chi connectivity index (χ0n) is 19.6. The Balaban J connectivity index is 1.46. The molecular formula is C27H25FN6O2. The summed E-state index contributed by atoms with van der Waals surface area (Å²) in [5.41, 5.74) is 10.4. The molecule has 2 saturated heterocycles. The molecule has 2 aromatic carbocycles. The number of benzene rings is 2. The zero-order valence-corrected chi connectivity index (χ0v) is 19.6. The summed E-state index contributed by atoms with van der Waals surface area (Å²) < 4.78 is 19.8. The lowest BCUT2D eigenvalue weighted by atomic mass is 9.85. The molecule has 9 heteroatoms. The molecule has 4 N–H and O–H groups in total. The number of nitrogen functional groups attached to an aromatic ring is 1. The van der Waals surface area contributed by atoms with Crippen LogP contribution in [0.3, 0.4) is 0 Å². The van der Waals surface area contributed by atoms with Crippen LogP contribution in [-0.4, -0.2) is 57.4 Å². The van der Waals surface area contributed by atoms with Crippen LogP contribution in [0, 0.1) is 5.82 Å². The van der Waals surface area contributed by atoms with E-state index in [-0.39, 0.29) is 16.8 Å². The quantitative estimate of drug-likeness (QED) is 0.335. The fourth-order valence-corrected chi connectivity index (χ4v) is 5.88. The number of fused-ring (bicyclic) bond motifs is 4. The van der Waals surface area contributed by atoms with Crippen LogP contribution >= 0.6 is 0 Å². The van der Waals surface area contributed by atoms with Crippen molar-refractivity contribution in [2.45, 2.75) is 24.8 Å². The number of hydrogen-bond donors (Lipinski definition) is 3. The maximum atomic E-state index is 14.5. The number of nitrogens with one attached hydrogen (secondary N) is 2. The number of piperidine rings is 1. The van der Waals surface area contributed by atoms with Crippen molar-refractivity contribution in [1.82, 2.24) is 25.1 Å². The van der Waals surface area contributed by atoms with E-state index in [1.54, 1.807) is 18.5 Å². The Labute approximate surface area is 205 Å². The smallest absolute Gasteiger partial charge is 0.272 e.